The predicted octanol–water partition coefficient (Wildman–Crippen LogP) is 5.26. The van der Waals surface area contributed by atoms with E-state index in [4.69, 9.17) is 32.8 Å². The molecule has 0 radical (unpaired) electrons. The van der Waals surface area contributed by atoms with Gasteiger partial charge in [-0.3, -0.25) is 0 Å². The number of fused-ring (bicyclic) bond motifs is 1. The minimum atomic E-state index is 0.168. The fourth-order valence-electron chi connectivity index (χ4n) is 3.46. The summed E-state index contributed by atoms with van der Waals surface area (Å²) in [6.45, 7) is 3.95. The van der Waals surface area contributed by atoms with Crippen molar-refractivity contribution < 1.29 is 32.8 Å². The van der Waals surface area contributed by atoms with E-state index < -0.39 is 0 Å². The molecule has 0 bridgehead atoms. The predicted molar refractivity (Wildman–Crippen MR) is 121 cm³/mol. The molecule has 3 aromatic rings. The Kier molecular flexibility index (Phi) is 9.37. The van der Waals surface area contributed by atoms with Crippen LogP contribution in [0.4, 0.5) is 0 Å². The largest absolute Gasteiger partial charge is 0.493 e. The van der Waals surface area contributed by atoms with E-state index in [1.807, 2.05) is 42.5 Å². The molecule has 0 amide bonds. The molecule has 1 atom stereocenters. The van der Waals surface area contributed by atoms with E-state index in [1.165, 1.54) is 0 Å². The fraction of sp³-hybridized carbons (Fsp3) is 0.440. The maximum atomic E-state index is 6.23. The van der Waals surface area contributed by atoms with Gasteiger partial charge in [-0.15, -0.1) is 0 Å². The molecule has 7 nitrogen and oxygen atoms in total. The topological polar surface area (TPSA) is 68.5 Å². The number of hydrogen-bond donors (Lipinski definition) is 0. The number of hydrogen-bond acceptors (Lipinski definition) is 7. The molecule has 0 saturated carbocycles. The molecular formula is C25H32O7. The highest BCUT2D eigenvalue weighted by atomic mass is 16.7. The molecule has 0 unspecified atom stereocenters. The van der Waals surface area contributed by atoms with E-state index in [0.29, 0.717) is 24.7 Å². The highest BCUT2D eigenvalue weighted by Crippen LogP contribution is 2.40. The molecule has 1 heterocycles. The minimum absolute atomic E-state index is 0.168. The zero-order valence-electron chi connectivity index (χ0n) is 19.2. The first kappa shape index (κ1) is 24.1. The van der Waals surface area contributed by atoms with Crippen molar-refractivity contribution >= 4 is 11.0 Å². The van der Waals surface area contributed by atoms with E-state index in [9.17, 15) is 0 Å². The van der Waals surface area contributed by atoms with Gasteiger partial charge in [0, 0.05) is 18.4 Å². The minimum Gasteiger partial charge on any atom is -0.493 e. The van der Waals surface area contributed by atoms with Crippen LogP contribution in [0, 0.1) is 0 Å². The van der Waals surface area contributed by atoms with Gasteiger partial charge >= 0.3 is 0 Å². The summed E-state index contributed by atoms with van der Waals surface area (Å²) in [7, 11) is 4.80. The molecule has 7 heteroatoms. The average molecular weight is 445 g/mol. The van der Waals surface area contributed by atoms with Crippen LogP contribution in [-0.4, -0.2) is 41.5 Å². The summed E-state index contributed by atoms with van der Waals surface area (Å²) in [5.41, 5.74) is 2.65. The summed E-state index contributed by atoms with van der Waals surface area (Å²) >= 11 is 0. The van der Waals surface area contributed by atoms with Gasteiger partial charge in [0.1, 0.15) is 24.9 Å². The summed E-state index contributed by atoms with van der Waals surface area (Å²) in [5.74, 6) is 2.27. The summed E-state index contributed by atoms with van der Waals surface area (Å²) in [4.78, 5) is 0. The van der Waals surface area contributed by atoms with Crippen LogP contribution in [0.2, 0.25) is 0 Å². The van der Waals surface area contributed by atoms with Crippen molar-refractivity contribution in [3.8, 4) is 11.5 Å². The van der Waals surface area contributed by atoms with Crippen molar-refractivity contribution in [2.75, 3.05) is 41.5 Å². The van der Waals surface area contributed by atoms with Crippen LogP contribution in [0.3, 0.4) is 0 Å². The van der Waals surface area contributed by atoms with E-state index in [0.717, 1.165) is 34.3 Å². The Hall–Kier alpha value is -2.58. The van der Waals surface area contributed by atoms with Gasteiger partial charge in [-0.1, -0.05) is 37.3 Å². The van der Waals surface area contributed by atoms with Crippen molar-refractivity contribution in [1.29, 1.82) is 0 Å². The summed E-state index contributed by atoms with van der Waals surface area (Å²) < 4.78 is 39.1. The summed E-state index contributed by atoms with van der Waals surface area (Å²) in [6, 6.07) is 14.0. The van der Waals surface area contributed by atoms with Crippen molar-refractivity contribution in [2.24, 2.45) is 0 Å². The highest BCUT2D eigenvalue weighted by molar-refractivity contribution is 5.86. The van der Waals surface area contributed by atoms with Crippen LogP contribution >= 0.6 is 0 Å². The van der Waals surface area contributed by atoms with Crippen LogP contribution < -0.4 is 9.47 Å². The number of benzene rings is 2. The molecule has 1 aromatic heterocycles. The van der Waals surface area contributed by atoms with Gasteiger partial charge in [-0.2, -0.15) is 0 Å². The first-order valence-corrected chi connectivity index (χ1v) is 10.6. The molecular weight excluding hydrogens is 412 g/mol. The van der Waals surface area contributed by atoms with Gasteiger partial charge in [0.05, 0.1) is 39.6 Å². The quantitative estimate of drug-likeness (QED) is 0.248. The van der Waals surface area contributed by atoms with Crippen LogP contribution in [0.5, 0.6) is 11.5 Å². The lowest BCUT2D eigenvalue weighted by Crippen LogP contribution is -2.04. The molecule has 0 saturated heterocycles. The molecule has 3 rings (SSSR count). The standard InChI is InChI=1S/C25H32O7/c1-18(10-11-29-17-30-14-19-8-6-5-7-9-19)22-12-20-13-23(27-3)25(28-4)21(24(20)32-22)15-31-16-26-2/h5-9,12-13,18H,10-11,14-17H2,1-4H3/t18-/m1/s1. The monoisotopic (exact) mass is 444 g/mol. The fourth-order valence-corrected chi connectivity index (χ4v) is 3.46. The Balaban J connectivity index is 1.60. The van der Waals surface area contributed by atoms with Crippen molar-refractivity contribution in [2.45, 2.75) is 32.5 Å². The smallest absolute Gasteiger partial charge is 0.170 e. The highest BCUT2D eigenvalue weighted by Gasteiger charge is 2.21. The third-order valence-corrected chi connectivity index (χ3v) is 5.17. The van der Waals surface area contributed by atoms with Gasteiger partial charge in [0.15, 0.2) is 11.5 Å². The Bertz CT molecular complexity index is 952. The number of furan rings is 1. The van der Waals surface area contributed by atoms with Gasteiger partial charge in [0.2, 0.25) is 0 Å². The van der Waals surface area contributed by atoms with Gasteiger partial charge in [0.25, 0.3) is 0 Å². The Morgan fingerprint density at radius 2 is 1.66 bits per heavy atom. The Morgan fingerprint density at radius 1 is 0.875 bits per heavy atom. The Labute approximate surface area is 189 Å². The van der Waals surface area contributed by atoms with E-state index >= 15 is 0 Å². The molecule has 32 heavy (non-hydrogen) atoms. The van der Waals surface area contributed by atoms with Crippen molar-refractivity contribution in [3.05, 3.63) is 59.4 Å². The molecule has 0 spiro atoms. The van der Waals surface area contributed by atoms with E-state index in [-0.39, 0.29) is 26.1 Å². The lowest BCUT2D eigenvalue weighted by Gasteiger charge is -2.13. The number of rotatable bonds is 14. The molecule has 0 aliphatic heterocycles. The molecule has 0 N–H and O–H groups in total. The van der Waals surface area contributed by atoms with Gasteiger partial charge < -0.3 is 32.8 Å². The SMILES string of the molecule is COCOCc1c(OC)c(OC)cc2cc([C@H](C)CCOCOCc3ccccc3)oc12. The lowest BCUT2D eigenvalue weighted by atomic mass is 10.0. The second-order valence-electron chi connectivity index (χ2n) is 7.46. The third kappa shape index (κ3) is 6.23. The Morgan fingerprint density at radius 3 is 2.38 bits per heavy atom. The molecule has 0 aliphatic rings. The zero-order valence-corrected chi connectivity index (χ0v) is 19.2. The number of ether oxygens (including phenoxy) is 6. The molecule has 2 aromatic carbocycles. The maximum Gasteiger partial charge on any atom is 0.170 e. The van der Waals surface area contributed by atoms with Crippen molar-refractivity contribution in [1.82, 2.24) is 0 Å². The molecule has 0 fully saturated rings. The van der Waals surface area contributed by atoms with Crippen LogP contribution in [0.25, 0.3) is 11.0 Å². The van der Waals surface area contributed by atoms with Crippen LogP contribution in [0.15, 0.2) is 46.9 Å². The summed E-state index contributed by atoms with van der Waals surface area (Å²) in [6.07, 6.45) is 0.804. The third-order valence-electron chi connectivity index (χ3n) is 5.17. The van der Waals surface area contributed by atoms with E-state index in [1.54, 1.807) is 21.3 Å². The second kappa shape index (κ2) is 12.5. The molecule has 0 aliphatic carbocycles. The van der Waals surface area contributed by atoms with Gasteiger partial charge in [-0.05, 0) is 24.1 Å². The first-order valence-electron chi connectivity index (χ1n) is 10.6. The lowest BCUT2D eigenvalue weighted by molar-refractivity contribution is -0.0630. The van der Waals surface area contributed by atoms with Crippen molar-refractivity contribution in [3.63, 3.8) is 0 Å². The molecule has 174 valence electrons. The first-order chi connectivity index (χ1) is 15.7. The second-order valence-corrected chi connectivity index (χ2v) is 7.46. The maximum absolute atomic E-state index is 6.23. The summed E-state index contributed by atoms with van der Waals surface area (Å²) in [5, 5.41) is 0.938. The van der Waals surface area contributed by atoms with Crippen LogP contribution in [0.1, 0.15) is 36.1 Å². The normalized spacial score (nSPS) is 12.2. The van der Waals surface area contributed by atoms with E-state index in [2.05, 4.69) is 6.92 Å². The van der Waals surface area contributed by atoms with Gasteiger partial charge in [-0.25, -0.2) is 0 Å². The zero-order chi connectivity index (χ0) is 22.8. The average Bonchev–Trinajstić information content (AvgIpc) is 3.25. The number of methoxy groups -OCH3 is 3. The van der Waals surface area contributed by atoms with Crippen LogP contribution in [-0.2, 0) is 32.2 Å².